The number of rotatable bonds is 4. The quantitative estimate of drug-likeness (QED) is 0.842. The van der Waals surface area contributed by atoms with Crippen LogP contribution in [0.25, 0.3) is 0 Å². The standard InChI is InChI=1S/C16H21F2NO2/c1-11-6-3-4-9-14(11)19(2)15(20)12-7-5-8-13(10-12)21-16(17)18/h5,7-8,10-11,14,16H,3-4,6,9H2,1-2H3. The first-order valence-corrected chi connectivity index (χ1v) is 7.31. The van der Waals surface area contributed by atoms with Crippen molar-refractivity contribution in [3.63, 3.8) is 0 Å². The van der Waals surface area contributed by atoms with Gasteiger partial charge in [-0.25, -0.2) is 0 Å². The van der Waals surface area contributed by atoms with Crippen LogP contribution in [0.1, 0.15) is 43.0 Å². The summed E-state index contributed by atoms with van der Waals surface area (Å²) >= 11 is 0. The molecule has 1 aliphatic rings. The van der Waals surface area contributed by atoms with Gasteiger partial charge in [-0.15, -0.1) is 0 Å². The van der Waals surface area contributed by atoms with E-state index >= 15 is 0 Å². The van der Waals surface area contributed by atoms with Crippen LogP contribution in [0.15, 0.2) is 24.3 Å². The fourth-order valence-corrected chi connectivity index (χ4v) is 3.03. The lowest BCUT2D eigenvalue weighted by Gasteiger charge is -2.36. The highest BCUT2D eigenvalue weighted by Crippen LogP contribution is 2.28. The van der Waals surface area contributed by atoms with Crippen molar-refractivity contribution >= 4 is 5.91 Å². The SMILES string of the molecule is CC1CCCCC1N(C)C(=O)c1cccc(OC(F)F)c1. The first-order chi connectivity index (χ1) is 9.99. The summed E-state index contributed by atoms with van der Waals surface area (Å²) in [7, 11) is 1.79. The monoisotopic (exact) mass is 297 g/mol. The number of hydrogen-bond acceptors (Lipinski definition) is 2. The Balaban J connectivity index is 2.11. The normalized spacial score (nSPS) is 22.1. The second-order valence-corrected chi connectivity index (χ2v) is 5.65. The van der Waals surface area contributed by atoms with E-state index in [1.165, 1.54) is 18.6 Å². The largest absolute Gasteiger partial charge is 0.435 e. The van der Waals surface area contributed by atoms with Gasteiger partial charge in [-0.1, -0.05) is 25.8 Å². The van der Waals surface area contributed by atoms with Crippen LogP contribution in [0.5, 0.6) is 5.75 Å². The summed E-state index contributed by atoms with van der Waals surface area (Å²) < 4.78 is 28.8. The molecule has 2 unspecified atom stereocenters. The van der Waals surface area contributed by atoms with Gasteiger partial charge in [-0.3, -0.25) is 4.79 Å². The Morgan fingerprint density at radius 2 is 2.05 bits per heavy atom. The van der Waals surface area contributed by atoms with Crippen molar-refractivity contribution in [3.8, 4) is 5.75 Å². The van der Waals surface area contributed by atoms with Gasteiger partial charge in [0, 0.05) is 18.7 Å². The van der Waals surface area contributed by atoms with Crippen molar-refractivity contribution in [2.24, 2.45) is 5.92 Å². The summed E-state index contributed by atoms with van der Waals surface area (Å²) in [5.74, 6) is 0.336. The molecule has 1 aliphatic carbocycles. The lowest BCUT2D eigenvalue weighted by molar-refractivity contribution is -0.0499. The average Bonchev–Trinajstić information content (AvgIpc) is 2.46. The molecule has 5 heteroatoms. The molecule has 0 bridgehead atoms. The maximum Gasteiger partial charge on any atom is 0.387 e. The molecule has 116 valence electrons. The van der Waals surface area contributed by atoms with Crippen molar-refractivity contribution in [3.05, 3.63) is 29.8 Å². The molecule has 1 aromatic rings. The van der Waals surface area contributed by atoms with Crippen LogP contribution < -0.4 is 4.74 Å². The molecule has 0 aliphatic heterocycles. The Bertz CT molecular complexity index is 493. The fourth-order valence-electron chi connectivity index (χ4n) is 3.03. The van der Waals surface area contributed by atoms with Gasteiger partial charge in [-0.05, 0) is 37.0 Å². The van der Waals surface area contributed by atoms with E-state index < -0.39 is 6.61 Å². The van der Waals surface area contributed by atoms with Crippen molar-refractivity contribution in [1.82, 2.24) is 4.90 Å². The molecular formula is C16H21F2NO2. The van der Waals surface area contributed by atoms with E-state index in [1.54, 1.807) is 24.1 Å². The molecule has 1 saturated carbocycles. The molecule has 1 fully saturated rings. The molecule has 21 heavy (non-hydrogen) atoms. The fraction of sp³-hybridized carbons (Fsp3) is 0.562. The lowest BCUT2D eigenvalue weighted by Crippen LogP contribution is -2.42. The van der Waals surface area contributed by atoms with Gasteiger partial charge in [0.15, 0.2) is 0 Å². The lowest BCUT2D eigenvalue weighted by atomic mass is 9.85. The van der Waals surface area contributed by atoms with Crippen molar-refractivity contribution in [2.45, 2.75) is 45.3 Å². The second kappa shape index (κ2) is 6.87. The van der Waals surface area contributed by atoms with Crippen LogP contribution in [0.2, 0.25) is 0 Å². The first kappa shape index (κ1) is 15.7. The summed E-state index contributed by atoms with van der Waals surface area (Å²) in [6, 6.07) is 6.20. The number of carbonyl (C=O) groups is 1. The van der Waals surface area contributed by atoms with E-state index in [1.807, 2.05) is 0 Å². The molecule has 0 saturated heterocycles. The van der Waals surface area contributed by atoms with Crippen LogP contribution in [0, 0.1) is 5.92 Å². The predicted octanol–water partition coefficient (Wildman–Crippen LogP) is 3.94. The predicted molar refractivity (Wildman–Crippen MR) is 76.6 cm³/mol. The molecule has 1 aromatic carbocycles. The second-order valence-electron chi connectivity index (χ2n) is 5.65. The smallest absolute Gasteiger partial charge is 0.387 e. The minimum Gasteiger partial charge on any atom is -0.435 e. The Labute approximate surface area is 123 Å². The number of benzene rings is 1. The van der Waals surface area contributed by atoms with E-state index in [4.69, 9.17) is 0 Å². The van der Waals surface area contributed by atoms with Crippen LogP contribution in [-0.4, -0.2) is 30.5 Å². The molecule has 0 spiro atoms. The highest BCUT2D eigenvalue weighted by atomic mass is 19.3. The summed E-state index contributed by atoms with van der Waals surface area (Å²) in [4.78, 5) is 14.3. The summed E-state index contributed by atoms with van der Waals surface area (Å²) in [6.45, 7) is -0.726. The molecule has 0 aromatic heterocycles. The van der Waals surface area contributed by atoms with Gasteiger partial charge in [0.25, 0.3) is 5.91 Å². The summed E-state index contributed by atoms with van der Waals surface area (Å²) in [6.07, 6.45) is 4.45. The Morgan fingerprint density at radius 1 is 1.33 bits per heavy atom. The number of nitrogens with zero attached hydrogens (tertiary/aromatic N) is 1. The Hall–Kier alpha value is -1.65. The molecule has 2 rings (SSSR count). The molecule has 2 atom stereocenters. The highest BCUT2D eigenvalue weighted by Gasteiger charge is 2.28. The van der Waals surface area contributed by atoms with Crippen molar-refractivity contribution < 1.29 is 18.3 Å². The van der Waals surface area contributed by atoms with E-state index in [2.05, 4.69) is 11.7 Å². The molecule has 3 nitrogen and oxygen atoms in total. The zero-order valence-corrected chi connectivity index (χ0v) is 12.4. The Morgan fingerprint density at radius 3 is 2.71 bits per heavy atom. The van der Waals surface area contributed by atoms with Crippen LogP contribution in [-0.2, 0) is 0 Å². The van der Waals surface area contributed by atoms with E-state index in [0.29, 0.717) is 11.5 Å². The molecule has 0 N–H and O–H groups in total. The number of amides is 1. The van der Waals surface area contributed by atoms with Gasteiger partial charge < -0.3 is 9.64 Å². The van der Waals surface area contributed by atoms with Gasteiger partial charge in [0.2, 0.25) is 0 Å². The zero-order valence-electron chi connectivity index (χ0n) is 12.4. The molecule has 1 amide bonds. The van der Waals surface area contributed by atoms with Crippen molar-refractivity contribution in [2.75, 3.05) is 7.05 Å². The third kappa shape index (κ3) is 3.93. The average molecular weight is 297 g/mol. The van der Waals surface area contributed by atoms with Crippen molar-refractivity contribution in [1.29, 1.82) is 0 Å². The van der Waals surface area contributed by atoms with Crippen LogP contribution in [0.4, 0.5) is 8.78 Å². The van der Waals surface area contributed by atoms with E-state index in [0.717, 1.165) is 19.3 Å². The van der Waals surface area contributed by atoms with E-state index in [-0.39, 0.29) is 17.7 Å². The molecular weight excluding hydrogens is 276 g/mol. The maximum atomic E-state index is 12.5. The van der Waals surface area contributed by atoms with Crippen LogP contribution in [0.3, 0.4) is 0 Å². The van der Waals surface area contributed by atoms with Gasteiger partial charge in [-0.2, -0.15) is 8.78 Å². The number of halogens is 2. The topological polar surface area (TPSA) is 29.5 Å². The van der Waals surface area contributed by atoms with Gasteiger partial charge in [0.05, 0.1) is 0 Å². The number of carbonyl (C=O) groups excluding carboxylic acids is 1. The first-order valence-electron chi connectivity index (χ1n) is 7.31. The molecule has 0 radical (unpaired) electrons. The third-order valence-corrected chi connectivity index (χ3v) is 4.19. The van der Waals surface area contributed by atoms with Gasteiger partial charge in [0.1, 0.15) is 5.75 Å². The Kier molecular flexibility index (Phi) is 5.15. The minimum atomic E-state index is -2.88. The van der Waals surface area contributed by atoms with E-state index in [9.17, 15) is 13.6 Å². The minimum absolute atomic E-state index is 0.0148. The number of alkyl halides is 2. The van der Waals surface area contributed by atoms with Gasteiger partial charge >= 0.3 is 6.61 Å². The van der Waals surface area contributed by atoms with Crippen LogP contribution >= 0.6 is 0 Å². The highest BCUT2D eigenvalue weighted by molar-refractivity contribution is 5.94. The zero-order chi connectivity index (χ0) is 15.4. The maximum absolute atomic E-state index is 12.5. The molecule has 0 heterocycles. The number of ether oxygens (including phenoxy) is 1. The number of hydrogen-bond donors (Lipinski definition) is 0. The summed E-state index contributed by atoms with van der Waals surface area (Å²) in [5.41, 5.74) is 0.383. The third-order valence-electron chi connectivity index (χ3n) is 4.19. The summed E-state index contributed by atoms with van der Waals surface area (Å²) in [5, 5.41) is 0.